The van der Waals surface area contributed by atoms with Crippen LogP contribution in [-0.4, -0.2) is 40.5 Å². The first kappa shape index (κ1) is 24.7. The van der Waals surface area contributed by atoms with Gasteiger partial charge >= 0.3 is 11.9 Å². The molecule has 0 radical (unpaired) electrons. The summed E-state index contributed by atoms with van der Waals surface area (Å²) in [7, 11) is -1.51. The third-order valence-electron chi connectivity index (χ3n) is 4.56. The smallest absolute Gasteiger partial charge is 0.337 e. The van der Waals surface area contributed by atoms with Crippen LogP contribution in [0.1, 0.15) is 31.1 Å². The number of amides is 1. The van der Waals surface area contributed by atoms with Gasteiger partial charge in [0.15, 0.2) is 0 Å². The van der Waals surface area contributed by atoms with Crippen LogP contribution in [-0.2, 0) is 19.5 Å². The zero-order valence-electron chi connectivity index (χ0n) is 18.0. The molecule has 3 rings (SSSR count). The minimum Gasteiger partial charge on any atom is -0.465 e. The van der Waals surface area contributed by atoms with Crippen molar-refractivity contribution < 1.29 is 32.3 Å². The van der Waals surface area contributed by atoms with Gasteiger partial charge in [-0.15, -0.1) is 0 Å². The molecule has 176 valence electrons. The molecule has 9 nitrogen and oxygen atoms in total. The van der Waals surface area contributed by atoms with E-state index in [2.05, 4.69) is 19.5 Å². The first-order valence-corrected chi connectivity index (χ1v) is 11.5. The summed E-state index contributed by atoms with van der Waals surface area (Å²) in [6.45, 7) is 0. The van der Waals surface area contributed by atoms with Crippen molar-refractivity contribution in [2.75, 3.05) is 24.3 Å². The van der Waals surface area contributed by atoms with E-state index in [9.17, 15) is 22.8 Å². The van der Waals surface area contributed by atoms with Crippen molar-refractivity contribution in [3.63, 3.8) is 0 Å². The number of hydrogen-bond donors (Lipinski definition) is 2. The Morgan fingerprint density at radius 1 is 0.794 bits per heavy atom. The van der Waals surface area contributed by atoms with E-state index in [1.54, 1.807) is 18.2 Å². The Bertz CT molecular complexity index is 1320. The van der Waals surface area contributed by atoms with Crippen LogP contribution in [0, 0.1) is 0 Å². The van der Waals surface area contributed by atoms with Crippen molar-refractivity contribution in [2.45, 2.75) is 4.90 Å². The number of halogens is 1. The molecule has 0 fully saturated rings. The molecule has 11 heteroatoms. The van der Waals surface area contributed by atoms with Gasteiger partial charge in [0.25, 0.3) is 15.9 Å². The Morgan fingerprint density at radius 2 is 1.38 bits per heavy atom. The predicted molar refractivity (Wildman–Crippen MR) is 126 cm³/mol. The first-order valence-electron chi connectivity index (χ1n) is 9.65. The lowest BCUT2D eigenvalue weighted by Gasteiger charge is -2.12. The second kappa shape index (κ2) is 10.4. The highest BCUT2D eigenvalue weighted by Gasteiger charge is 2.18. The summed E-state index contributed by atoms with van der Waals surface area (Å²) in [5.41, 5.74) is 0.394. The second-order valence-corrected chi connectivity index (χ2v) is 8.94. The molecule has 0 unspecified atom stereocenters. The number of anilines is 2. The Kier molecular flexibility index (Phi) is 7.54. The van der Waals surface area contributed by atoms with Gasteiger partial charge < -0.3 is 14.8 Å². The molecule has 3 aromatic rings. The molecule has 3 aromatic carbocycles. The summed E-state index contributed by atoms with van der Waals surface area (Å²) in [6, 6.07) is 15.7. The van der Waals surface area contributed by atoms with Gasteiger partial charge in [-0.1, -0.05) is 29.8 Å². The fraction of sp³-hybridized carbons (Fsp3) is 0.0870. The number of carbonyl (C=O) groups excluding carboxylic acids is 3. The summed E-state index contributed by atoms with van der Waals surface area (Å²) in [6.07, 6.45) is 0. The molecule has 0 aliphatic heterocycles. The number of nitrogens with one attached hydrogen (secondary N) is 2. The Morgan fingerprint density at radius 3 is 1.91 bits per heavy atom. The van der Waals surface area contributed by atoms with Gasteiger partial charge in [0.1, 0.15) is 0 Å². The molecular formula is C23H19ClN2O7S. The Labute approximate surface area is 200 Å². The van der Waals surface area contributed by atoms with E-state index in [1.807, 2.05) is 0 Å². The van der Waals surface area contributed by atoms with Crippen LogP contribution in [0.25, 0.3) is 0 Å². The van der Waals surface area contributed by atoms with Crippen LogP contribution in [0.15, 0.2) is 71.6 Å². The van der Waals surface area contributed by atoms with Crippen LogP contribution in [0.2, 0.25) is 5.02 Å². The molecule has 34 heavy (non-hydrogen) atoms. The van der Waals surface area contributed by atoms with E-state index in [0.29, 0.717) is 0 Å². The molecule has 0 bridgehead atoms. The number of carbonyl (C=O) groups is 3. The molecule has 0 aromatic heterocycles. The third-order valence-corrected chi connectivity index (χ3v) is 6.26. The summed E-state index contributed by atoms with van der Waals surface area (Å²) in [5, 5.41) is 2.56. The van der Waals surface area contributed by atoms with Crippen molar-refractivity contribution in [3.8, 4) is 0 Å². The van der Waals surface area contributed by atoms with E-state index < -0.39 is 27.9 Å². The number of rotatable bonds is 7. The summed E-state index contributed by atoms with van der Waals surface area (Å²) >= 11 is 6.21. The molecule has 0 heterocycles. The standard InChI is InChI=1S/C23H19ClN2O7S/c1-32-22(28)15-10-16(23(29)33-2)12-17(11-15)25-21(27)14-8-9-20(19(24)13-14)26-34(30,31)18-6-4-3-5-7-18/h3-13,26H,1-2H3,(H,25,27). The topological polar surface area (TPSA) is 128 Å². The maximum Gasteiger partial charge on any atom is 0.337 e. The molecule has 0 saturated carbocycles. The third kappa shape index (κ3) is 5.72. The lowest BCUT2D eigenvalue weighted by molar-refractivity contribution is 0.0598. The highest BCUT2D eigenvalue weighted by Crippen LogP contribution is 2.26. The normalized spacial score (nSPS) is 10.8. The average Bonchev–Trinajstić information content (AvgIpc) is 2.84. The molecule has 0 aliphatic rings. The summed E-state index contributed by atoms with van der Waals surface area (Å²) in [5.74, 6) is -2.03. The lowest BCUT2D eigenvalue weighted by Crippen LogP contribution is -2.15. The number of hydrogen-bond acceptors (Lipinski definition) is 7. The van der Waals surface area contributed by atoms with Crippen molar-refractivity contribution in [1.82, 2.24) is 0 Å². The van der Waals surface area contributed by atoms with E-state index in [0.717, 1.165) is 0 Å². The highest BCUT2D eigenvalue weighted by molar-refractivity contribution is 7.92. The number of esters is 2. The highest BCUT2D eigenvalue weighted by atomic mass is 35.5. The Balaban J connectivity index is 1.84. The van der Waals surface area contributed by atoms with Gasteiger partial charge in [0.05, 0.1) is 41.0 Å². The van der Waals surface area contributed by atoms with Gasteiger partial charge in [-0.2, -0.15) is 0 Å². The molecule has 0 atom stereocenters. The maximum atomic E-state index is 12.7. The number of sulfonamides is 1. The minimum atomic E-state index is -3.87. The predicted octanol–water partition coefficient (Wildman–Crippen LogP) is 3.97. The lowest BCUT2D eigenvalue weighted by atomic mass is 10.1. The van der Waals surface area contributed by atoms with Crippen LogP contribution < -0.4 is 10.0 Å². The minimum absolute atomic E-state index is 0.00860. The van der Waals surface area contributed by atoms with E-state index >= 15 is 0 Å². The van der Waals surface area contributed by atoms with Crippen molar-refractivity contribution >= 4 is 50.8 Å². The van der Waals surface area contributed by atoms with Crippen LogP contribution in [0.3, 0.4) is 0 Å². The van der Waals surface area contributed by atoms with Crippen molar-refractivity contribution in [2.24, 2.45) is 0 Å². The van der Waals surface area contributed by atoms with Gasteiger partial charge in [0.2, 0.25) is 0 Å². The molecule has 2 N–H and O–H groups in total. The van der Waals surface area contributed by atoms with Crippen LogP contribution >= 0.6 is 11.6 Å². The quantitative estimate of drug-likeness (QED) is 0.468. The van der Waals surface area contributed by atoms with Crippen molar-refractivity contribution in [3.05, 3.63) is 88.4 Å². The summed E-state index contributed by atoms with van der Waals surface area (Å²) in [4.78, 5) is 36.6. The maximum absolute atomic E-state index is 12.7. The molecular weight excluding hydrogens is 484 g/mol. The molecule has 0 saturated heterocycles. The number of methoxy groups -OCH3 is 2. The van der Waals surface area contributed by atoms with Gasteiger partial charge in [-0.05, 0) is 48.5 Å². The van der Waals surface area contributed by atoms with Gasteiger partial charge in [0, 0.05) is 11.3 Å². The largest absolute Gasteiger partial charge is 0.465 e. The van der Waals surface area contributed by atoms with Crippen molar-refractivity contribution in [1.29, 1.82) is 0 Å². The van der Waals surface area contributed by atoms with Crippen LogP contribution in [0.5, 0.6) is 0 Å². The Hall–Kier alpha value is -3.89. The van der Waals surface area contributed by atoms with Crippen LogP contribution in [0.4, 0.5) is 11.4 Å². The fourth-order valence-electron chi connectivity index (χ4n) is 2.92. The SMILES string of the molecule is COC(=O)c1cc(NC(=O)c2ccc(NS(=O)(=O)c3ccccc3)c(Cl)c2)cc(C(=O)OC)c1. The molecule has 1 amide bonds. The van der Waals surface area contributed by atoms with Gasteiger partial charge in [-0.25, -0.2) is 18.0 Å². The van der Waals surface area contributed by atoms with Gasteiger partial charge in [-0.3, -0.25) is 9.52 Å². The van der Waals surface area contributed by atoms with E-state index in [-0.39, 0.29) is 38.0 Å². The second-order valence-electron chi connectivity index (χ2n) is 6.85. The first-order chi connectivity index (χ1) is 16.1. The zero-order chi connectivity index (χ0) is 24.9. The van der Waals surface area contributed by atoms with E-state index in [4.69, 9.17) is 11.6 Å². The molecule has 0 aliphatic carbocycles. The zero-order valence-corrected chi connectivity index (χ0v) is 19.6. The van der Waals surface area contributed by atoms with E-state index in [1.165, 1.54) is 62.8 Å². The average molecular weight is 503 g/mol. The number of ether oxygens (including phenoxy) is 2. The monoisotopic (exact) mass is 502 g/mol. The summed E-state index contributed by atoms with van der Waals surface area (Å²) < 4.78 is 36.7. The molecule has 0 spiro atoms. The number of benzene rings is 3. The fourth-order valence-corrected chi connectivity index (χ4v) is 4.30.